The summed E-state index contributed by atoms with van der Waals surface area (Å²) in [6.45, 7) is 1.39. The standard InChI is InChI=1S/C17H17N3O6/c1-10(16(21)19-14-5-3-4-6-15(14)25-2)26-17(22)12-8-7-11(20(23)24)9-13(12)18/h3-10H,18H2,1-2H3,(H,19,21)/t10-/m0/s1. The van der Waals surface area contributed by atoms with E-state index >= 15 is 0 Å². The van der Waals surface area contributed by atoms with Crippen molar-refractivity contribution in [3.63, 3.8) is 0 Å². The minimum atomic E-state index is -1.12. The summed E-state index contributed by atoms with van der Waals surface area (Å²) in [5.41, 5.74) is 5.66. The van der Waals surface area contributed by atoms with Gasteiger partial charge in [0.25, 0.3) is 11.6 Å². The molecule has 0 heterocycles. The molecule has 0 aliphatic rings. The van der Waals surface area contributed by atoms with E-state index in [2.05, 4.69) is 5.32 Å². The van der Waals surface area contributed by atoms with Crippen LogP contribution in [-0.4, -0.2) is 30.0 Å². The van der Waals surface area contributed by atoms with Crippen molar-refractivity contribution in [1.82, 2.24) is 0 Å². The van der Waals surface area contributed by atoms with Crippen molar-refractivity contribution in [1.29, 1.82) is 0 Å². The fourth-order valence-electron chi connectivity index (χ4n) is 2.11. The third-order valence-electron chi connectivity index (χ3n) is 3.48. The van der Waals surface area contributed by atoms with Crippen LogP contribution < -0.4 is 15.8 Å². The first-order valence-corrected chi connectivity index (χ1v) is 7.52. The minimum Gasteiger partial charge on any atom is -0.495 e. The number of nitrogen functional groups attached to an aromatic ring is 1. The Kier molecular flexibility index (Phi) is 5.74. The molecule has 0 bridgehead atoms. The summed E-state index contributed by atoms with van der Waals surface area (Å²) in [4.78, 5) is 34.4. The molecule has 1 amide bonds. The molecular formula is C17H17N3O6. The predicted molar refractivity (Wildman–Crippen MR) is 94.0 cm³/mol. The maximum atomic E-state index is 12.2. The molecule has 0 spiro atoms. The van der Waals surface area contributed by atoms with E-state index in [1.54, 1.807) is 24.3 Å². The molecule has 2 aromatic carbocycles. The number of hydrogen-bond donors (Lipinski definition) is 2. The second-order valence-electron chi connectivity index (χ2n) is 5.27. The largest absolute Gasteiger partial charge is 0.495 e. The molecule has 0 aromatic heterocycles. The Labute approximate surface area is 148 Å². The van der Waals surface area contributed by atoms with Crippen molar-refractivity contribution in [2.75, 3.05) is 18.2 Å². The van der Waals surface area contributed by atoms with Gasteiger partial charge in [-0.25, -0.2) is 4.79 Å². The van der Waals surface area contributed by atoms with Crippen molar-refractivity contribution in [3.8, 4) is 5.75 Å². The van der Waals surface area contributed by atoms with Crippen molar-refractivity contribution in [2.45, 2.75) is 13.0 Å². The van der Waals surface area contributed by atoms with Gasteiger partial charge < -0.3 is 20.5 Å². The van der Waals surface area contributed by atoms with Gasteiger partial charge >= 0.3 is 5.97 Å². The van der Waals surface area contributed by atoms with E-state index < -0.39 is 22.9 Å². The number of methoxy groups -OCH3 is 1. The number of rotatable bonds is 6. The highest BCUT2D eigenvalue weighted by Crippen LogP contribution is 2.24. The molecule has 1 atom stereocenters. The number of nitrogens with two attached hydrogens (primary N) is 1. The zero-order valence-electron chi connectivity index (χ0n) is 14.1. The molecular weight excluding hydrogens is 342 g/mol. The lowest BCUT2D eigenvalue weighted by atomic mass is 10.1. The van der Waals surface area contributed by atoms with E-state index in [-0.39, 0.29) is 16.9 Å². The first kappa shape index (κ1) is 18.7. The second-order valence-corrected chi connectivity index (χ2v) is 5.27. The maximum Gasteiger partial charge on any atom is 0.341 e. The van der Waals surface area contributed by atoms with Crippen molar-refractivity contribution < 1.29 is 24.0 Å². The summed E-state index contributed by atoms with van der Waals surface area (Å²) in [7, 11) is 1.46. The van der Waals surface area contributed by atoms with Crippen molar-refractivity contribution >= 4 is 28.9 Å². The van der Waals surface area contributed by atoms with E-state index in [1.807, 2.05) is 0 Å². The second kappa shape index (κ2) is 7.97. The molecule has 0 radical (unpaired) electrons. The Morgan fingerprint density at radius 3 is 2.54 bits per heavy atom. The van der Waals surface area contributed by atoms with Gasteiger partial charge in [-0.3, -0.25) is 14.9 Å². The lowest BCUT2D eigenvalue weighted by molar-refractivity contribution is -0.384. The average Bonchev–Trinajstić information content (AvgIpc) is 2.61. The molecule has 3 N–H and O–H groups in total. The molecule has 9 heteroatoms. The Morgan fingerprint density at radius 1 is 1.23 bits per heavy atom. The van der Waals surface area contributed by atoms with Crippen LogP contribution in [0.1, 0.15) is 17.3 Å². The van der Waals surface area contributed by atoms with Crippen LogP contribution in [0, 0.1) is 10.1 Å². The number of carbonyl (C=O) groups is 2. The van der Waals surface area contributed by atoms with E-state index in [4.69, 9.17) is 15.2 Å². The Bertz CT molecular complexity index is 852. The smallest absolute Gasteiger partial charge is 0.341 e. The number of hydrogen-bond acceptors (Lipinski definition) is 7. The van der Waals surface area contributed by atoms with E-state index in [9.17, 15) is 19.7 Å². The average molecular weight is 359 g/mol. The van der Waals surface area contributed by atoms with E-state index in [0.29, 0.717) is 11.4 Å². The van der Waals surface area contributed by atoms with Gasteiger partial charge in [0.15, 0.2) is 6.10 Å². The highest BCUT2D eigenvalue weighted by molar-refractivity contribution is 6.00. The molecule has 136 valence electrons. The number of nitro groups is 1. The fraction of sp³-hybridized carbons (Fsp3) is 0.176. The van der Waals surface area contributed by atoms with Crippen LogP contribution in [0.5, 0.6) is 5.75 Å². The SMILES string of the molecule is COc1ccccc1NC(=O)[C@H](C)OC(=O)c1ccc([N+](=O)[O-])cc1N. The topological polar surface area (TPSA) is 134 Å². The van der Waals surface area contributed by atoms with E-state index in [1.165, 1.54) is 20.1 Å². The van der Waals surface area contributed by atoms with Gasteiger partial charge in [0.05, 0.1) is 29.0 Å². The highest BCUT2D eigenvalue weighted by Gasteiger charge is 2.22. The molecule has 0 fully saturated rings. The molecule has 0 saturated heterocycles. The summed E-state index contributed by atoms with van der Waals surface area (Å²) >= 11 is 0. The van der Waals surface area contributed by atoms with E-state index in [0.717, 1.165) is 12.1 Å². The van der Waals surface area contributed by atoms with Gasteiger partial charge in [0.2, 0.25) is 0 Å². The summed E-state index contributed by atoms with van der Waals surface area (Å²) < 4.78 is 10.2. The van der Waals surface area contributed by atoms with Crippen LogP contribution in [0.25, 0.3) is 0 Å². The molecule has 0 aliphatic carbocycles. The molecule has 26 heavy (non-hydrogen) atoms. The number of ether oxygens (including phenoxy) is 2. The number of amides is 1. The Morgan fingerprint density at radius 2 is 1.92 bits per heavy atom. The fourth-order valence-corrected chi connectivity index (χ4v) is 2.11. The van der Waals surface area contributed by atoms with Crippen LogP contribution in [-0.2, 0) is 9.53 Å². The minimum absolute atomic E-state index is 0.0625. The van der Waals surface area contributed by atoms with Gasteiger partial charge in [-0.1, -0.05) is 12.1 Å². The normalized spacial score (nSPS) is 11.3. The van der Waals surface area contributed by atoms with Crippen LogP contribution in [0.2, 0.25) is 0 Å². The Hall–Kier alpha value is -3.62. The summed E-state index contributed by atoms with van der Waals surface area (Å²) in [5.74, 6) is -0.970. The third kappa shape index (κ3) is 4.26. The monoisotopic (exact) mass is 359 g/mol. The quantitative estimate of drug-likeness (QED) is 0.350. The first-order chi connectivity index (χ1) is 12.3. The lowest BCUT2D eigenvalue weighted by Gasteiger charge is -2.15. The first-order valence-electron chi connectivity index (χ1n) is 7.52. The van der Waals surface area contributed by atoms with Gasteiger partial charge in [-0.05, 0) is 25.1 Å². The summed E-state index contributed by atoms with van der Waals surface area (Å²) in [6.07, 6.45) is -1.12. The van der Waals surface area contributed by atoms with Gasteiger partial charge in [0.1, 0.15) is 5.75 Å². The molecule has 0 unspecified atom stereocenters. The number of carbonyl (C=O) groups excluding carboxylic acids is 2. The van der Waals surface area contributed by atoms with Gasteiger partial charge in [-0.2, -0.15) is 0 Å². The number of anilines is 2. The Balaban J connectivity index is 2.06. The van der Waals surface area contributed by atoms with Gasteiger partial charge in [-0.15, -0.1) is 0 Å². The molecule has 0 saturated carbocycles. The zero-order valence-corrected chi connectivity index (χ0v) is 14.1. The predicted octanol–water partition coefficient (Wildman–Crippen LogP) is 2.37. The van der Waals surface area contributed by atoms with Crippen molar-refractivity contribution in [3.05, 3.63) is 58.1 Å². The van der Waals surface area contributed by atoms with Crippen LogP contribution in [0.4, 0.5) is 17.1 Å². The molecule has 2 rings (SSSR count). The number of benzene rings is 2. The van der Waals surface area contributed by atoms with Crippen molar-refractivity contribution in [2.24, 2.45) is 0 Å². The number of nitrogens with zero attached hydrogens (tertiary/aromatic N) is 1. The zero-order chi connectivity index (χ0) is 19.3. The lowest BCUT2D eigenvalue weighted by Crippen LogP contribution is -2.30. The number of nitro benzene ring substituents is 1. The highest BCUT2D eigenvalue weighted by atomic mass is 16.6. The number of nitrogens with one attached hydrogen (secondary N) is 1. The van der Waals surface area contributed by atoms with Crippen LogP contribution >= 0.6 is 0 Å². The summed E-state index contributed by atoms with van der Waals surface area (Å²) in [6, 6.07) is 10.1. The number of esters is 1. The van der Waals surface area contributed by atoms with Crippen LogP contribution in [0.15, 0.2) is 42.5 Å². The third-order valence-corrected chi connectivity index (χ3v) is 3.48. The molecule has 9 nitrogen and oxygen atoms in total. The number of non-ortho nitro benzene ring substituents is 1. The van der Waals surface area contributed by atoms with Crippen LogP contribution in [0.3, 0.4) is 0 Å². The molecule has 2 aromatic rings. The summed E-state index contributed by atoms with van der Waals surface area (Å²) in [5, 5.41) is 13.3. The maximum absolute atomic E-state index is 12.2. The number of para-hydroxylation sites is 2. The molecule has 0 aliphatic heterocycles. The van der Waals surface area contributed by atoms with Gasteiger partial charge in [0, 0.05) is 12.1 Å².